The summed E-state index contributed by atoms with van der Waals surface area (Å²) in [5, 5.41) is 9.47. The van der Waals surface area contributed by atoms with Crippen LogP contribution in [-0.4, -0.2) is 38.9 Å². The number of rotatable bonds is 6. The van der Waals surface area contributed by atoms with Gasteiger partial charge in [-0.05, 0) is 20.3 Å². The van der Waals surface area contributed by atoms with E-state index in [2.05, 4.69) is 9.97 Å². The first-order valence-electron chi connectivity index (χ1n) is 5.72. The van der Waals surface area contributed by atoms with Gasteiger partial charge in [-0.2, -0.15) is 0 Å². The van der Waals surface area contributed by atoms with E-state index in [4.69, 9.17) is 0 Å². The van der Waals surface area contributed by atoms with E-state index in [1.165, 1.54) is 24.2 Å². The topological polar surface area (TPSA) is 83.4 Å². The highest BCUT2D eigenvalue weighted by Gasteiger charge is 2.43. The van der Waals surface area contributed by atoms with Crippen LogP contribution in [0.25, 0.3) is 0 Å². The summed E-state index contributed by atoms with van der Waals surface area (Å²) in [5.41, 5.74) is -0.695. The molecule has 1 amide bonds. The standard InChI is InChI=1S/C12H17N3O3/c1-4-7-15(8-16)12(3,11(17)18)10-9(2)13-5-6-14-10/h5-6,8H,4,7H2,1-3H3,(H,17,18). The van der Waals surface area contributed by atoms with Crippen LogP contribution < -0.4 is 0 Å². The molecular formula is C12H17N3O3. The number of hydrogen-bond donors (Lipinski definition) is 1. The summed E-state index contributed by atoms with van der Waals surface area (Å²) in [6.07, 6.45) is 4.14. The van der Waals surface area contributed by atoms with Crippen LogP contribution in [0.3, 0.4) is 0 Å². The fraction of sp³-hybridized carbons (Fsp3) is 0.500. The van der Waals surface area contributed by atoms with Crippen LogP contribution in [0.15, 0.2) is 12.4 Å². The van der Waals surface area contributed by atoms with Crippen molar-refractivity contribution in [1.29, 1.82) is 0 Å². The molecular weight excluding hydrogens is 234 g/mol. The van der Waals surface area contributed by atoms with Crippen LogP contribution in [-0.2, 0) is 15.1 Å². The maximum Gasteiger partial charge on any atom is 0.335 e. The van der Waals surface area contributed by atoms with E-state index in [1.807, 2.05) is 6.92 Å². The second kappa shape index (κ2) is 5.57. The highest BCUT2D eigenvalue weighted by Crippen LogP contribution is 2.27. The molecule has 0 radical (unpaired) electrons. The lowest BCUT2D eigenvalue weighted by Crippen LogP contribution is -2.50. The van der Waals surface area contributed by atoms with E-state index in [0.29, 0.717) is 25.1 Å². The van der Waals surface area contributed by atoms with E-state index >= 15 is 0 Å². The van der Waals surface area contributed by atoms with Gasteiger partial charge in [0.25, 0.3) is 0 Å². The van der Waals surface area contributed by atoms with E-state index in [9.17, 15) is 14.7 Å². The number of nitrogens with zero attached hydrogens (tertiary/aromatic N) is 3. The minimum Gasteiger partial charge on any atom is -0.479 e. The van der Waals surface area contributed by atoms with E-state index in [1.54, 1.807) is 6.92 Å². The van der Waals surface area contributed by atoms with Crippen molar-refractivity contribution in [3.05, 3.63) is 23.8 Å². The molecule has 6 nitrogen and oxygen atoms in total. The fourth-order valence-corrected chi connectivity index (χ4v) is 1.87. The summed E-state index contributed by atoms with van der Waals surface area (Å²) in [6.45, 7) is 5.37. The molecule has 1 N–H and O–H groups in total. The first-order chi connectivity index (χ1) is 8.48. The first kappa shape index (κ1) is 14.1. The van der Waals surface area contributed by atoms with Crippen molar-refractivity contribution < 1.29 is 14.7 Å². The zero-order valence-electron chi connectivity index (χ0n) is 10.8. The molecule has 1 heterocycles. The molecule has 0 aliphatic heterocycles. The third kappa shape index (κ3) is 2.32. The molecule has 1 rings (SSSR count). The van der Waals surface area contributed by atoms with Gasteiger partial charge in [-0.15, -0.1) is 0 Å². The quantitative estimate of drug-likeness (QED) is 0.761. The van der Waals surface area contributed by atoms with Crippen molar-refractivity contribution in [2.45, 2.75) is 32.7 Å². The lowest BCUT2D eigenvalue weighted by molar-refractivity contribution is -0.155. The SMILES string of the molecule is CCCN(C=O)C(C)(C(=O)O)c1nccnc1C. The maximum atomic E-state index is 11.6. The lowest BCUT2D eigenvalue weighted by atomic mass is 9.93. The molecule has 1 aromatic heterocycles. The Morgan fingerprint density at radius 1 is 1.50 bits per heavy atom. The van der Waals surface area contributed by atoms with Crippen LogP contribution >= 0.6 is 0 Å². The average molecular weight is 251 g/mol. The smallest absolute Gasteiger partial charge is 0.335 e. The van der Waals surface area contributed by atoms with Crippen molar-refractivity contribution in [3.8, 4) is 0 Å². The predicted octanol–water partition coefficient (Wildman–Crippen LogP) is 0.953. The van der Waals surface area contributed by atoms with Gasteiger partial charge in [-0.3, -0.25) is 14.8 Å². The number of carbonyl (C=O) groups excluding carboxylic acids is 1. The first-order valence-corrected chi connectivity index (χ1v) is 5.72. The van der Waals surface area contributed by atoms with E-state index < -0.39 is 11.5 Å². The Morgan fingerprint density at radius 2 is 2.11 bits per heavy atom. The summed E-state index contributed by atoms with van der Waals surface area (Å²) < 4.78 is 0. The van der Waals surface area contributed by atoms with Crippen molar-refractivity contribution >= 4 is 12.4 Å². The molecule has 98 valence electrons. The van der Waals surface area contributed by atoms with Crippen LogP contribution in [0.1, 0.15) is 31.7 Å². The summed E-state index contributed by atoms with van der Waals surface area (Å²) in [7, 11) is 0. The minimum absolute atomic E-state index is 0.290. The number of carboxylic acids is 1. The Hall–Kier alpha value is -1.98. The monoisotopic (exact) mass is 251 g/mol. The number of aliphatic carboxylic acids is 1. The minimum atomic E-state index is -1.49. The lowest BCUT2D eigenvalue weighted by Gasteiger charge is -2.34. The summed E-state index contributed by atoms with van der Waals surface area (Å²) in [5.74, 6) is -1.12. The molecule has 0 spiro atoms. The van der Waals surface area contributed by atoms with Crippen molar-refractivity contribution in [2.75, 3.05) is 6.54 Å². The van der Waals surface area contributed by atoms with E-state index in [-0.39, 0.29) is 5.69 Å². The average Bonchev–Trinajstić information content (AvgIpc) is 2.35. The third-order valence-corrected chi connectivity index (χ3v) is 2.92. The molecule has 0 saturated heterocycles. The molecule has 0 fully saturated rings. The summed E-state index contributed by atoms with van der Waals surface area (Å²) in [4.78, 5) is 32.1. The van der Waals surface area contributed by atoms with Gasteiger partial charge in [0.2, 0.25) is 6.41 Å². The number of carbonyl (C=O) groups is 2. The zero-order valence-corrected chi connectivity index (χ0v) is 10.8. The molecule has 0 saturated carbocycles. The molecule has 1 atom stereocenters. The second-order valence-corrected chi connectivity index (χ2v) is 4.17. The molecule has 1 unspecified atom stereocenters. The predicted molar refractivity (Wildman–Crippen MR) is 64.8 cm³/mol. The summed E-state index contributed by atoms with van der Waals surface area (Å²) in [6, 6.07) is 0. The Kier molecular flexibility index (Phi) is 4.36. The Bertz CT molecular complexity index is 450. The highest BCUT2D eigenvalue weighted by molar-refractivity contribution is 5.82. The normalized spacial score (nSPS) is 13.7. The fourth-order valence-electron chi connectivity index (χ4n) is 1.87. The number of aryl methyl sites for hydroxylation is 1. The maximum absolute atomic E-state index is 11.6. The largest absolute Gasteiger partial charge is 0.479 e. The van der Waals surface area contributed by atoms with Crippen molar-refractivity contribution in [2.24, 2.45) is 0 Å². The molecule has 0 aromatic carbocycles. The number of carboxylic acid groups (broad SMARTS) is 1. The second-order valence-electron chi connectivity index (χ2n) is 4.17. The van der Waals surface area contributed by atoms with E-state index in [0.717, 1.165) is 0 Å². The van der Waals surface area contributed by atoms with Gasteiger partial charge < -0.3 is 10.0 Å². The molecule has 18 heavy (non-hydrogen) atoms. The molecule has 1 aromatic rings. The highest BCUT2D eigenvalue weighted by atomic mass is 16.4. The van der Waals surface area contributed by atoms with Crippen LogP contribution in [0.4, 0.5) is 0 Å². The van der Waals surface area contributed by atoms with Crippen molar-refractivity contribution in [3.63, 3.8) is 0 Å². The summed E-state index contributed by atoms with van der Waals surface area (Å²) >= 11 is 0. The van der Waals surface area contributed by atoms with Gasteiger partial charge in [0.1, 0.15) is 0 Å². The Labute approximate surface area is 106 Å². The molecule has 0 aliphatic carbocycles. The molecule has 6 heteroatoms. The zero-order chi connectivity index (χ0) is 13.8. The van der Waals surface area contributed by atoms with Crippen molar-refractivity contribution in [1.82, 2.24) is 14.9 Å². The molecule has 0 aliphatic rings. The number of hydrogen-bond acceptors (Lipinski definition) is 4. The van der Waals surface area contributed by atoms with Gasteiger partial charge in [-0.25, -0.2) is 4.79 Å². The Morgan fingerprint density at radius 3 is 2.56 bits per heavy atom. The van der Waals surface area contributed by atoms with Crippen LogP contribution in [0, 0.1) is 6.92 Å². The van der Waals surface area contributed by atoms with Gasteiger partial charge in [0, 0.05) is 18.9 Å². The van der Waals surface area contributed by atoms with Crippen LogP contribution in [0.2, 0.25) is 0 Å². The van der Waals surface area contributed by atoms with Crippen LogP contribution in [0.5, 0.6) is 0 Å². The van der Waals surface area contributed by atoms with Gasteiger partial charge >= 0.3 is 5.97 Å². The Balaban J connectivity index is 3.35. The van der Waals surface area contributed by atoms with Gasteiger partial charge in [-0.1, -0.05) is 6.92 Å². The molecule has 0 bridgehead atoms. The van der Waals surface area contributed by atoms with Gasteiger partial charge in [0.05, 0.1) is 11.4 Å². The third-order valence-electron chi connectivity index (χ3n) is 2.92. The van der Waals surface area contributed by atoms with Gasteiger partial charge in [0.15, 0.2) is 5.54 Å². The number of aromatic nitrogens is 2. The number of amides is 1.